The number of benzene rings is 2. The van der Waals surface area contributed by atoms with E-state index in [1.54, 1.807) is 0 Å². The number of rotatable bonds is 9. The molecule has 0 aliphatic carbocycles. The first-order chi connectivity index (χ1) is 12.5. The van der Waals surface area contributed by atoms with Gasteiger partial charge in [0.05, 0.1) is 5.56 Å². The highest BCUT2D eigenvalue weighted by Gasteiger charge is 2.29. The molecule has 5 heteroatoms. The van der Waals surface area contributed by atoms with Gasteiger partial charge in [-0.2, -0.15) is 13.2 Å². The van der Waals surface area contributed by atoms with Gasteiger partial charge in [-0.3, -0.25) is 4.99 Å². The number of alkyl halides is 3. The first-order valence-corrected chi connectivity index (χ1v) is 8.88. The Balaban J connectivity index is 1.79. The van der Waals surface area contributed by atoms with Crippen LogP contribution in [0.1, 0.15) is 49.3 Å². The number of unbranched alkanes of at least 4 members (excludes halogenated alkanes) is 3. The molecule has 0 spiro atoms. The van der Waals surface area contributed by atoms with E-state index in [1.165, 1.54) is 31.4 Å². The van der Waals surface area contributed by atoms with Gasteiger partial charge < -0.3 is 4.74 Å². The summed E-state index contributed by atoms with van der Waals surface area (Å²) in [5.74, 6) is 0.671. The topological polar surface area (TPSA) is 21.6 Å². The van der Waals surface area contributed by atoms with Gasteiger partial charge in [0.25, 0.3) is 0 Å². The van der Waals surface area contributed by atoms with Crippen molar-refractivity contribution in [2.75, 3.05) is 6.54 Å². The lowest BCUT2D eigenvalue weighted by molar-refractivity contribution is -0.137. The van der Waals surface area contributed by atoms with E-state index >= 15 is 0 Å². The van der Waals surface area contributed by atoms with Crippen molar-refractivity contribution in [3.8, 4) is 5.75 Å². The summed E-state index contributed by atoms with van der Waals surface area (Å²) in [6, 6.07) is 12.5. The van der Waals surface area contributed by atoms with Crippen molar-refractivity contribution < 1.29 is 17.9 Å². The molecular weight excluding hydrogens is 339 g/mol. The first kappa shape index (κ1) is 20.0. The molecule has 0 saturated heterocycles. The fourth-order valence-corrected chi connectivity index (χ4v) is 2.41. The fraction of sp³-hybridized carbons (Fsp3) is 0.381. The summed E-state index contributed by atoms with van der Waals surface area (Å²) in [4.78, 5) is 4.41. The molecule has 2 aromatic carbocycles. The zero-order chi connectivity index (χ0) is 18.8. The van der Waals surface area contributed by atoms with Crippen LogP contribution in [0.2, 0.25) is 0 Å². The second-order valence-electron chi connectivity index (χ2n) is 6.15. The minimum Gasteiger partial charge on any atom is -0.489 e. The van der Waals surface area contributed by atoms with E-state index < -0.39 is 11.7 Å². The molecule has 0 aliphatic heterocycles. The summed E-state index contributed by atoms with van der Waals surface area (Å²) in [7, 11) is 0. The maximum atomic E-state index is 12.5. The summed E-state index contributed by atoms with van der Waals surface area (Å²) in [5, 5.41) is 0. The van der Waals surface area contributed by atoms with E-state index in [0.717, 1.165) is 30.7 Å². The normalized spacial score (nSPS) is 11.8. The molecule has 0 N–H and O–H groups in total. The molecular formula is C21H24F3NO. The molecule has 140 valence electrons. The Hall–Kier alpha value is -2.30. The summed E-state index contributed by atoms with van der Waals surface area (Å²) < 4.78 is 43.2. The van der Waals surface area contributed by atoms with Gasteiger partial charge in [-0.15, -0.1) is 0 Å². The summed E-state index contributed by atoms with van der Waals surface area (Å²) in [6.45, 7) is 3.25. The van der Waals surface area contributed by atoms with Crippen molar-refractivity contribution in [2.45, 2.75) is 45.4 Å². The predicted molar refractivity (Wildman–Crippen MR) is 98.8 cm³/mol. The van der Waals surface area contributed by atoms with Gasteiger partial charge >= 0.3 is 6.18 Å². The second-order valence-corrected chi connectivity index (χ2v) is 6.15. The van der Waals surface area contributed by atoms with Crippen LogP contribution in [-0.4, -0.2) is 12.8 Å². The highest BCUT2D eigenvalue weighted by molar-refractivity contribution is 5.79. The third-order valence-corrected chi connectivity index (χ3v) is 3.95. The van der Waals surface area contributed by atoms with Gasteiger partial charge in [0, 0.05) is 12.8 Å². The molecule has 0 heterocycles. The second kappa shape index (κ2) is 10.00. The van der Waals surface area contributed by atoms with Crippen molar-refractivity contribution >= 4 is 6.21 Å². The van der Waals surface area contributed by atoms with Crippen LogP contribution in [-0.2, 0) is 12.8 Å². The molecule has 26 heavy (non-hydrogen) atoms. The third-order valence-electron chi connectivity index (χ3n) is 3.95. The molecule has 0 radical (unpaired) electrons. The monoisotopic (exact) mass is 363 g/mol. The zero-order valence-electron chi connectivity index (χ0n) is 14.9. The Labute approximate surface area is 152 Å². The molecule has 0 amide bonds. The summed E-state index contributed by atoms with van der Waals surface area (Å²) >= 11 is 0. The molecule has 0 atom stereocenters. The van der Waals surface area contributed by atoms with E-state index in [2.05, 4.69) is 11.9 Å². The maximum Gasteiger partial charge on any atom is 0.416 e. The standard InChI is InChI=1S/C21H24F3NO/c1-2-3-4-5-14-25-15-17-8-12-20(13-9-17)26-16-18-6-10-19(11-7-18)21(22,23)24/h6-13,15H,2-5,14,16H2,1H3/b25-15+. The highest BCUT2D eigenvalue weighted by Crippen LogP contribution is 2.29. The minimum atomic E-state index is -4.31. The average molecular weight is 363 g/mol. The fourth-order valence-electron chi connectivity index (χ4n) is 2.41. The Kier molecular flexibility index (Phi) is 7.70. The van der Waals surface area contributed by atoms with Gasteiger partial charge in [-0.1, -0.05) is 38.3 Å². The predicted octanol–water partition coefficient (Wildman–Crippen LogP) is 6.28. The molecule has 0 unspecified atom stereocenters. The Morgan fingerprint density at radius 1 is 0.923 bits per heavy atom. The highest BCUT2D eigenvalue weighted by atomic mass is 19.4. The number of nitrogens with zero attached hydrogens (tertiary/aromatic N) is 1. The van der Waals surface area contributed by atoms with Crippen LogP contribution in [0, 0.1) is 0 Å². The van der Waals surface area contributed by atoms with E-state index in [9.17, 15) is 13.2 Å². The van der Waals surface area contributed by atoms with Crippen LogP contribution < -0.4 is 4.74 Å². The smallest absolute Gasteiger partial charge is 0.416 e. The van der Waals surface area contributed by atoms with Crippen LogP contribution in [0.15, 0.2) is 53.5 Å². The van der Waals surface area contributed by atoms with Gasteiger partial charge in [-0.25, -0.2) is 0 Å². The van der Waals surface area contributed by atoms with E-state index in [0.29, 0.717) is 11.3 Å². The number of hydrogen-bond acceptors (Lipinski definition) is 2. The molecule has 0 fully saturated rings. The molecule has 2 nitrogen and oxygen atoms in total. The first-order valence-electron chi connectivity index (χ1n) is 8.88. The lowest BCUT2D eigenvalue weighted by Gasteiger charge is -2.09. The molecule has 2 aromatic rings. The summed E-state index contributed by atoms with van der Waals surface area (Å²) in [5.41, 5.74) is 1.04. The van der Waals surface area contributed by atoms with Crippen LogP contribution >= 0.6 is 0 Å². The molecule has 2 rings (SSSR count). The number of halogens is 3. The number of aliphatic imine (C=N–C) groups is 1. The van der Waals surface area contributed by atoms with Crippen molar-refractivity contribution in [3.05, 3.63) is 65.2 Å². The minimum absolute atomic E-state index is 0.225. The Morgan fingerprint density at radius 2 is 1.62 bits per heavy atom. The molecule has 0 aliphatic rings. The number of ether oxygens (including phenoxy) is 1. The van der Waals surface area contributed by atoms with Crippen LogP contribution in [0.25, 0.3) is 0 Å². The van der Waals surface area contributed by atoms with Gasteiger partial charge in [0.1, 0.15) is 12.4 Å². The average Bonchev–Trinajstić information content (AvgIpc) is 2.63. The molecule has 0 bridgehead atoms. The largest absolute Gasteiger partial charge is 0.489 e. The third kappa shape index (κ3) is 6.90. The van der Waals surface area contributed by atoms with E-state index in [1.807, 2.05) is 30.5 Å². The van der Waals surface area contributed by atoms with Crippen molar-refractivity contribution in [3.63, 3.8) is 0 Å². The summed E-state index contributed by atoms with van der Waals surface area (Å²) in [6.07, 6.45) is 2.33. The van der Waals surface area contributed by atoms with Crippen molar-refractivity contribution in [1.82, 2.24) is 0 Å². The molecule has 0 aromatic heterocycles. The van der Waals surface area contributed by atoms with Crippen LogP contribution in [0.5, 0.6) is 5.75 Å². The lowest BCUT2D eigenvalue weighted by atomic mass is 10.1. The van der Waals surface area contributed by atoms with E-state index in [-0.39, 0.29) is 6.61 Å². The van der Waals surface area contributed by atoms with Gasteiger partial charge in [0.15, 0.2) is 0 Å². The van der Waals surface area contributed by atoms with Crippen LogP contribution in [0.4, 0.5) is 13.2 Å². The molecule has 0 saturated carbocycles. The lowest BCUT2D eigenvalue weighted by Crippen LogP contribution is -2.05. The van der Waals surface area contributed by atoms with E-state index in [4.69, 9.17) is 4.74 Å². The van der Waals surface area contributed by atoms with Crippen molar-refractivity contribution in [2.24, 2.45) is 4.99 Å². The maximum absolute atomic E-state index is 12.5. The zero-order valence-corrected chi connectivity index (χ0v) is 14.9. The Bertz CT molecular complexity index is 676. The van der Waals surface area contributed by atoms with Gasteiger partial charge in [0.2, 0.25) is 0 Å². The van der Waals surface area contributed by atoms with Gasteiger partial charge in [-0.05, 0) is 53.9 Å². The Morgan fingerprint density at radius 3 is 2.23 bits per heavy atom. The van der Waals surface area contributed by atoms with Crippen molar-refractivity contribution in [1.29, 1.82) is 0 Å². The van der Waals surface area contributed by atoms with Crippen LogP contribution in [0.3, 0.4) is 0 Å². The number of hydrogen-bond donors (Lipinski definition) is 0. The SMILES string of the molecule is CCCCCC/N=C/c1ccc(OCc2ccc(C(F)(F)F)cc2)cc1. The quantitative estimate of drug-likeness (QED) is 0.379.